The number of ketones is 1. The molecule has 6 nitrogen and oxygen atoms in total. The fourth-order valence-electron chi connectivity index (χ4n) is 1.21. The Morgan fingerprint density at radius 3 is 2.73 bits per heavy atom. The van der Waals surface area contributed by atoms with Gasteiger partial charge in [0, 0.05) is 0 Å². The van der Waals surface area contributed by atoms with Crippen molar-refractivity contribution in [3.8, 4) is 0 Å². The highest BCUT2D eigenvalue weighted by molar-refractivity contribution is 6.13. The van der Waals surface area contributed by atoms with E-state index in [1.54, 1.807) is 6.08 Å². The molecule has 0 unspecified atom stereocenters. The van der Waals surface area contributed by atoms with Crippen LogP contribution in [0.3, 0.4) is 0 Å². The van der Waals surface area contributed by atoms with E-state index in [1.807, 2.05) is 0 Å². The lowest BCUT2D eigenvalue weighted by molar-refractivity contribution is -0.127. The Morgan fingerprint density at radius 1 is 1.53 bits per heavy atom. The van der Waals surface area contributed by atoms with Crippen molar-refractivity contribution < 1.29 is 14.4 Å². The number of carbonyl (C=O) groups is 3. The van der Waals surface area contributed by atoms with Crippen LogP contribution in [0.4, 0.5) is 4.79 Å². The summed E-state index contributed by atoms with van der Waals surface area (Å²) in [5.41, 5.74) is 5.47. The lowest BCUT2D eigenvalue weighted by atomic mass is 10.3. The minimum Gasteiger partial charge on any atom is -0.330 e. The number of rotatable bonds is 4. The number of hydrogen-bond donors (Lipinski definition) is 2. The fourth-order valence-corrected chi connectivity index (χ4v) is 1.21. The molecule has 0 aromatic rings. The Morgan fingerprint density at radius 2 is 2.20 bits per heavy atom. The summed E-state index contributed by atoms with van der Waals surface area (Å²) in [5, 5.41) is 2.38. The highest BCUT2D eigenvalue weighted by Gasteiger charge is 2.33. The van der Waals surface area contributed by atoms with Gasteiger partial charge in [-0.3, -0.25) is 14.5 Å². The number of urea groups is 1. The van der Waals surface area contributed by atoms with Crippen molar-refractivity contribution in [3.05, 3.63) is 11.8 Å². The number of Topliss-reactive ketones (excluding diaryl/α,β-unsaturated/α-hetero) is 1. The van der Waals surface area contributed by atoms with Gasteiger partial charge in [-0.15, -0.1) is 0 Å². The molecule has 1 rings (SSSR count). The molecule has 15 heavy (non-hydrogen) atoms. The van der Waals surface area contributed by atoms with Gasteiger partial charge in [0.2, 0.25) is 0 Å². The van der Waals surface area contributed by atoms with Gasteiger partial charge in [-0.25, -0.2) is 4.79 Å². The molecule has 0 spiro atoms. The van der Waals surface area contributed by atoms with E-state index in [4.69, 9.17) is 5.73 Å². The average molecular weight is 211 g/mol. The van der Waals surface area contributed by atoms with E-state index < -0.39 is 11.9 Å². The van der Waals surface area contributed by atoms with Crippen LogP contribution in [0.25, 0.3) is 0 Å². The Balaban J connectivity index is 2.74. The molecule has 1 heterocycles. The molecule has 0 aromatic carbocycles. The Hall–Kier alpha value is -1.69. The van der Waals surface area contributed by atoms with Crippen LogP contribution in [0.5, 0.6) is 0 Å². The molecule has 0 saturated carbocycles. The first-order valence-electron chi connectivity index (χ1n) is 4.58. The summed E-state index contributed by atoms with van der Waals surface area (Å²) < 4.78 is 0. The van der Waals surface area contributed by atoms with Crippen molar-refractivity contribution in [3.63, 3.8) is 0 Å². The first-order valence-corrected chi connectivity index (χ1v) is 4.58. The van der Waals surface area contributed by atoms with Crippen molar-refractivity contribution in [2.75, 3.05) is 13.1 Å². The van der Waals surface area contributed by atoms with Gasteiger partial charge in [0.1, 0.15) is 11.5 Å². The van der Waals surface area contributed by atoms with Crippen molar-refractivity contribution >= 4 is 17.7 Å². The van der Waals surface area contributed by atoms with E-state index in [1.165, 1.54) is 6.92 Å². The van der Waals surface area contributed by atoms with Crippen LogP contribution in [0.1, 0.15) is 13.3 Å². The van der Waals surface area contributed by atoms with E-state index in [0.29, 0.717) is 13.0 Å². The molecular weight excluding hydrogens is 198 g/mol. The molecule has 1 aliphatic heterocycles. The lowest BCUT2D eigenvalue weighted by Crippen LogP contribution is -2.34. The summed E-state index contributed by atoms with van der Waals surface area (Å²) >= 11 is 0. The predicted octanol–water partition coefficient (Wildman–Crippen LogP) is -0.640. The monoisotopic (exact) mass is 211 g/mol. The molecule has 0 aromatic heterocycles. The number of carbonyl (C=O) groups excluding carboxylic acids is 3. The first-order chi connectivity index (χ1) is 7.06. The van der Waals surface area contributed by atoms with Gasteiger partial charge >= 0.3 is 6.03 Å². The summed E-state index contributed by atoms with van der Waals surface area (Å²) in [7, 11) is 0. The van der Waals surface area contributed by atoms with Crippen molar-refractivity contribution in [1.82, 2.24) is 10.2 Å². The quantitative estimate of drug-likeness (QED) is 0.478. The second-order valence-corrected chi connectivity index (χ2v) is 3.22. The van der Waals surface area contributed by atoms with Gasteiger partial charge in [0.15, 0.2) is 0 Å². The SMILES string of the molecule is CC(=O)CN1C(=O)NC(=CCCN)C1=O. The first kappa shape index (κ1) is 11.4. The maximum Gasteiger partial charge on any atom is 0.329 e. The number of nitrogens with two attached hydrogens (primary N) is 1. The van der Waals surface area contributed by atoms with Crippen LogP contribution in [-0.4, -0.2) is 35.7 Å². The van der Waals surface area contributed by atoms with Crippen molar-refractivity contribution in [2.45, 2.75) is 13.3 Å². The zero-order valence-electron chi connectivity index (χ0n) is 8.45. The maximum absolute atomic E-state index is 11.5. The average Bonchev–Trinajstić information content (AvgIpc) is 2.42. The molecule has 0 radical (unpaired) electrons. The predicted molar refractivity (Wildman–Crippen MR) is 52.7 cm³/mol. The Labute approximate surface area is 87.1 Å². The third-order valence-electron chi connectivity index (χ3n) is 1.86. The summed E-state index contributed by atoms with van der Waals surface area (Å²) in [5.74, 6) is -0.706. The van der Waals surface area contributed by atoms with E-state index in [0.717, 1.165) is 4.90 Å². The molecule has 0 bridgehead atoms. The number of amides is 3. The van der Waals surface area contributed by atoms with E-state index >= 15 is 0 Å². The van der Waals surface area contributed by atoms with Gasteiger partial charge in [-0.1, -0.05) is 6.08 Å². The Kier molecular flexibility index (Phi) is 3.56. The number of nitrogens with zero attached hydrogens (tertiary/aromatic N) is 1. The van der Waals surface area contributed by atoms with Crippen LogP contribution < -0.4 is 11.1 Å². The van der Waals surface area contributed by atoms with Crippen LogP contribution in [0.2, 0.25) is 0 Å². The molecule has 1 aliphatic rings. The van der Waals surface area contributed by atoms with Crippen molar-refractivity contribution in [2.24, 2.45) is 5.73 Å². The minimum atomic E-state index is -0.557. The van der Waals surface area contributed by atoms with Gasteiger partial charge in [-0.05, 0) is 19.9 Å². The molecule has 3 amide bonds. The van der Waals surface area contributed by atoms with E-state index in [9.17, 15) is 14.4 Å². The van der Waals surface area contributed by atoms with Crippen molar-refractivity contribution in [1.29, 1.82) is 0 Å². The third-order valence-corrected chi connectivity index (χ3v) is 1.86. The normalized spacial score (nSPS) is 18.5. The molecule has 0 aliphatic carbocycles. The van der Waals surface area contributed by atoms with Gasteiger partial charge < -0.3 is 11.1 Å². The van der Waals surface area contributed by atoms with Gasteiger partial charge in [0.05, 0.1) is 6.54 Å². The molecule has 3 N–H and O–H groups in total. The summed E-state index contributed by atoms with van der Waals surface area (Å²) in [6.45, 7) is 1.53. The number of imide groups is 1. The van der Waals surface area contributed by atoms with Crippen LogP contribution in [0, 0.1) is 0 Å². The van der Waals surface area contributed by atoms with E-state index in [2.05, 4.69) is 5.32 Å². The molecule has 0 atom stereocenters. The highest BCUT2D eigenvalue weighted by Crippen LogP contribution is 2.09. The summed E-state index contributed by atoms with van der Waals surface area (Å²) in [6.07, 6.45) is 2.07. The summed E-state index contributed by atoms with van der Waals surface area (Å²) in [6, 6.07) is -0.557. The molecule has 1 saturated heterocycles. The van der Waals surface area contributed by atoms with E-state index in [-0.39, 0.29) is 18.0 Å². The molecular formula is C9H13N3O3. The van der Waals surface area contributed by atoms with Crippen LogP contribution in [0.15, 0.2) is 11.8 Å². The second kappa shape index (κ2) is 4.70. The molecule has 1 fully saturated rings. The number of hydrogen-bond acceptors (Lipinski definition) is 4. The molecule has 6 heteroatoms. The van der Waals surface area contributed by atoms with Gasteiger partial charge in [-0.2, -0.15) is 0 Å². The fraction of sp³-hybridized carbons (Fsp3) is 0.444. The second-order valence-electron chi connectivity index (χ2n) is 3.22. The van der Waals surface area contributed by atoms with Crippen LogP contribution in [-0.2, 0) is 9.59 Å². The minimum absolute atomic E-state index is 0.190. The van der Waals surface area contributed by atoms with Gasteiger partial charge in [0.25, 0.3) is 5.91 Å². The maximum atomic E-state index is 11.5. The highest BCUT2D eigenvalue weighted by atomic mass is 16.2. The Bertz CT molecular complexity index is 335. The zero-order chi connectivity index (χ0) is 11.4. The van der Waals surface area contributed by atoms with Crippen LogP contribution >= 0.6 is 0 Å². The topological polar surface area (TPSA) is 92.5 Å². The summed E-state index contributed by atoms with van der Waals surface area (Å²) in [4.78, 5) is 34.5. The zero-order valence-corrected chi connectivity index (χ0v) is 8.45. The standard InChI is InChI=1S/C9H13N3O3/c1-6(13)5-12-8(14)7(3-2-4-10)11-9(12)15/h3H,2,4-5,10H2,1H3,(H,11,15). The largest absolute Gasteiger partial charge is 0.330 e. The third kappa shape index (κ3) is 2.63. The lowest BCUT2D eigenvalue weighted by Gasteiger charge is -2.07. The number of nitrogens with one attached hydrogen (secondary N) is 1. The molecule has 82 valence electrons. The smallest absolute Gasteiger partial charge is 0.329 e.